The van der Waals surface area contributed by atoms with Crippen molar-refractivity contribution in [3.63, 3.8) is 0 Å². The number of Topliss-reactive ketones (excluding diaryl/α,β-unsaturated/α-hetero) is 1. The lowest BCUT2D eigenvalue weighted by Crippen LogP contribution is -2.17. The van der Waals surface area contributed by atoms with Crippen LogP contribution in [0.1, 0.15) is 33.9 Å². The highest BCUT2D eigenvalue weighted by molar-refractivity contribution is 5.96. The zero-order valence-electron chi connectivity index (χ0n) is 14.5. The quantitative estimate of drug-likeness (QED) is 0.498. The zero-order chi connectivity index (χ0) is 17.9. The van der Waals surface area contributed by atoms with Crippen LogP contribution in [0.2, 0.25) is 0 Å². The number of hydrogen-bond acceptors (Lipinski definition) is 3. The number of para-hydroxylation sites is 1. The van der Waals surface area contributed by atoms with Crippen molar-refractivity contribution in [1.82, 2.24) is 15.0 Å². The van der Waals surface area contributed by atoms with Crippen LogP contribution in [-0.2, 0) is 0 Å². The van der Waals surface area contributed by atoms with E-state index in [9.17, 15) is 4.79 Å². The van der Waals surface area contributed by atoms with E-state index in [1.165, 1.54) is 5.56 Å². The molecule has 0 N–H and O–H groups in total. The molecule has 4 aromatic rings. The predicted molar refractivity (Wildman–Crippen MR) is 102 cm³/mol. The summed E-state index contributed by atoms with van der Waals surface area (Å²) in [5.74, 6) is 0.0933. The summed E-state index contributed by atoms with van der Waals surface area (Å²) in [5, 5.41) is 8.62. The van der Waals surface area contributed by atoms with Crippen molar-refractivity contribution in [3.8, 4) is 0 Å². The van der Waals surface area contributed by atoms with Crippen LogP contribution in [0, 0.1) is 6.92 Å². The third-order valence-corrected chi connectivity index (χ3v) is 4.61. The molecule has 4 heteroatoms. The molecule has 3 aromatic carbocycles. The van der Waals surface area contributed by atoms with E-state index in [2.05, 4.69) is 41.5 Å². The third-order valence-electron chi connectivity index (χ3n) is 4.61. The molecule has 0 bridgehead atoms. The van der Waals surface area contributed by atoms with Gasteiger partial charge in [-0.05, 0) is 24.6 Å². The number of carbonyl (C=O) groups is 1. The van der Waals surface area contributed by atoms with E-state index in [4.69, 9.17) is 0 Å². The second-order valence-electron chi connectivity index (χ2n) is 6.44. The number of fused-ring (bicyclic) bond motifs is 1. The molecule has 0 saturated heterocycles. The van der Waals surface area contributed by atoms with Crippen molar-refractivity contribution in [2.45, 2.75) is 19.4 Å². The van der Waals surface area contributed by atoms with Crippen LogP contribution in [0.4, 0.5) is 0 Å². The lowest BCUT2D eigenvalue weighted by Gasteiger charge is -2.18. The number of aromatic nitrogens is 3. The molecule has 128 valence electrons. The molecule has 0 radical (unpaired) electrons. The first-order valence-electron chi connectivity index (χ1n) is 8.67. The summed E-state index contributed by atoms with van der Waals surface area (Å²) < 4.78 is 1.86. The summed E-state index contributed by atoms with van der Waals surface area (Å²) in [4.78, 5) is 12.9. The lowest BCUT2D eigenvalue weighted by atomic mass is 9.97. The molecule has 26 heavy (non-hydrogen) atoms. The minimum atomic E-state index is -0.198. The summed E-state index contributed by atoms with van der Waals surface area (Å²) in [6.07, 6.45) is 0.334. The van der Waals surface area contributed by atoms with Crippen LogP contribution in [0.5, 0.6) is 0 Å². The van der Waals surface area contributed by atoms with Gasteiger partial charge < -0.3 is 0 Å². The van der Waals surface area contributed by atoms with Gasteiger partial charge in [-0.2, -0.15) is 0 Å². The monoisotopic (exact) mass is 341 g/mol. The molecule has 0 amide bonds. The second-order valence-corrected chi connectivity index (χ2v) is 6.44. The van der Waals surface area contributed by atoms with Crippen molar-refractivity contribution >= 4 is 16.8 Å². The highest BCUT2D eigenvalue weighted by atomic mass is 16.1. The largest absolute Gasteiger partial charge is 0.294 e. The number of aryl methyl sites for hydroxylation is 1. The summed E-state index contributed by atoms with van der Waals surface area (Å²) in [5.41, 5.74) is 4.71. The highest BCUT2D eigenvalue weighted by Crippen LogP contribution is 2.27. The maximum Gasteiger partial charge on any atom is 0.165 e. The first kappa shape index (κ1) is 16.2. The van der Waals surface area contributed by atoms with E-state index in [1.807, 2.05) is 59.3 Å². The van der Waals surface area contributed by atoms with Crippen LogP contribution in [0.15, 0.2) is 78.9 Å². The summed E-state index contributed by atoms with van der Waals surface area (Å²) in [6, 6.07) is 25.3. The first-order chi connectivity index (χ1) is 12.7. The van der Waals surface area contributed by atoms with Crippen molar-refractivity contribution in [3.05, 3.63) is 95.6 Å². The van der Waals surface area contributed by atoms with Gasteiger partial charge in [-0.25, -0.2) is 4.68 Å². The number of rotatable bonds is 5. The van der Waals surface area contributed by atoms with E-state index in [-0.39, 0.29) is 11.8 Å². The van der Waals surface area contributed by atoms with E-state index >= 15 is 0 Å². The Balaban J connectivity index is 1.77. The summed E-state index contributed by atoms with van der Waals surface area (Å²) in [7, 11) is 0. The fourth-order valence-electron chi connectivity index (χ4n) is 3.17. The molecule has 0 aliphatic rings. The number of nitrogens with zero attached hydrogens (tertiary/aromatic N) is 3. The molecule has 1 atom stereocenters. The normalized spacial score (nSPS) is 12.2. The van der Waals surface area contributed by atoms with Gasteiger partial charge in [-0.1, -0.05) is 77.5 Å². The topological polar surface area (TPSA) is 47.8 Å². The Bertz CT molecular complexity index is 1040. The summed E-state index contributed by atoms with van der Waals surface area (Å²) in [6.45, 7) is 2.05. The van der Waals surface area contributed by atoms with Gasteiger partial charge in [-0.15, -0.1) is 5.10 Å². The number of ketones is 1. The maximum absolute atomic E-state index is 12.9. The third kappa shape index (κ3) is 3.14. The molecule has 0 aliphatic heterocycles. The molecule has 0 saturated carbocycles. The number of hydrogen-bond donors (Lipinski definition) is 0. The minimum Gasteiger partial charge on any atom is -0.294 e. The fraction of sp³-hybridized carbons (Fsp3) is 0.136. The van der Waals surface area contributed by atoms with Gasteiger partial charge in [-0.3, -0.25) is 4.79 Å². The molecule has 0 aliphatic carbocycles. The molecular weight excluding hydrogens is 322 g/mol. The number of carbonyl (C=O) groups excluding carboxylic acids is 1. The van der Waals surface area contributed by atoms with E-state index < -0.39 is 0 Å². The van der Waals surface area contributed by atoms with E-state index in [0.717, 1.165) is 16.6 Å². The SMILES string of the molecule is Cc1ccc([C@@H](CC(=O)c2ccccc2)n2nnc3ccccc32)cc1. The Kier molecular flexibility index (Phi) is 4.32. The Morgan fingerprint density at radius 1 is 0.923 bits per heavy atom. The van der Waals surface area contributed by atoms with Crippen LogP contribution < -0.4 is 0 Å². The van der Waals surface area contributed by atoms with Crippen molar-refractivity contribution in [2.75, 3.05) is 0 Å². The van der Waals surface area contributed by atoms with E-state index in [1.54, 1.807) is 0 Å². The Morgan fingerprint density at radius 3 is 2.38 bits per heavy atom. The van der Waals surface area contributed by atoms with Gasteiger partial charge >= 0.3 is 0 Å². The highest BCUT2D eigenvalue weighted by Gasteiger charge is 2.22. The van der Waals surface area contributed by atoms with Gasteiger partial charge in [0.15, 0.2) is 5.78 Å². The average molecular weight is 341 g/mol. The van der Waals surface area contributed by atoms with Gasteiger partial charge in [0.05, 0.1) is 11.6 Å². The molecule has 1 heterocycles. The summed E-state index contributed by atoms with van der Waals surface area (Å²) >= 11 is 0. The smallest absolute Gasteiger partial charge is 0.165 e. The zero-order valence-corrected chi connectivity index (χ0v) is 14.5. The molecule has 1 aromatic heterocycles. The van der Waals surface area contributed by atoms with Crippen LogP contribution in [-0.4, -0.2) is 20.8 Å². The van der Waals surface area contributed by atoms with Crippen LogP contribution >= 0.6 is 0 Å². The maximum atomic E-state index is 12.9. The average Bonchev–Trinajstić information content (AvgIpc) is 3.11. The van der Waals surface area contributed by atoms with Crippen molar-refractivity contribution in [1.29, 1.82) is 0 Å². The molecule has 0 unspecified atom stereocenters. The van der Waals surface area contributed by atoms with Crippen molar-refractivity contribution < 1.29 is 4.79 Å². The van der Waals surface area contributed by atoms with E-state index in [0.29, 0.717) is 12.0 Å². The molecule has 4 rings (SSSR count). The Morgan fingerprint density at radius 2 is 1.62 bits per heavy atom. The standard InChI is InChI=1S/C22H19N3O/c1-16-11-13-17(14-12-16)21(15-22(26)18-7-3-2-4-8-18)25-20-10-6-5-9-19(20)23-24-25/h2-14,21H,15H2,1H3/t21-/m1/s1. The molecule has 4 nitrogen and oxygen atoms in total. The fourth-order valence-corrected chi connectivity index (χ4v) is 3.17. The Hall–Kier alpha value is -3.27. The van der Waals surface area contributed by atoms with Gasteiger partial charge in [0.25, 0.3) is 0 Å². The Labute approximate surface area is 152 Å². The second kappa shape index (κ2) is 6.92. The van der Waals surface area contributed by atoms with Gasteiger partial charge in [0.1, 0.15) is 5.52 Å². The number of benzene rings is 3. The van der Waals surface area contributed by atoms with Crippen molar-refractivity contribution in [2.24, 2.45) is 0 Å². The van der Waals surface area contributed by atoms with Gasteiger partial charge in [0.2, 0.25) is 0 Å². The lowest BCUT2D eigenvalue weighted by molar-refractivity contribution is 0.0968. The molecular formula is C22H19N3O. The van der Waals surface area contributed by atoms with Gasteiger partial charge in [0, 0.05) is 12.0 Å². The minimum absolute atomic E-state index is 0.0933. The van der Waals surface area contributed by atoms with Crippen LogP contribution in [0.3, 0.4) is 0 Å². The first-order valence-corrected chi connectivity index (χ1v) is 8.67. The molecule has 0 fully saturated rings. The predicted octanol–water partition coefficient (Wildman–Crippen LogP) is 4.60. The molecule has 0 spiro atoms. The van der Waals surface area contributed by atoms with Crippen LogP contribution in [0.25, 0.3) is 11.0 Å².